The molecule has 4 N–H and O–H groups in total. The Morgan fingerprint density at radius 3 is 3.10 bits per heavy atom. The fourth-order valence-corrected chi connectivity index (χ4v) is 2.69. The summed E-state index contributed by atoms with van der Waals surface area (Å²) >= 11 is 0. The molecule has 2 atom stereocenters. The molecule has 0 saturated carbocycles. The molecule has 9 nitrogen and oxygen atoms in total. The number of rotatable bonds is 3. The number of nitrogens with zero attached hydrogens (tertiary/aromatic N) is 4. The number of fused-ring (bicyclic) bond motifs is 1. The first-order valence-corrected chi connectivity index (χ1v) is 6.56. The number of nitrogens with two attached hydrogens (primary N) is 1. The second kappa shape index (κ2) is 5.27. The highest BCUT2D eigenvalue weighted by atomic mass is 16.5. The van der Waals surface area contributed by atoms with Gasteiger partial charge in [-0.1, -0.05) is 0 Å². The van der Waals surface area contributed by atoms with E-state index in [1.165, 1.54) is 12.2 Å². The number of hydrogen-bond acceptors (Lipinski definition) is 8. The van der Waals surface area contributed by atoms with Crippen LogP contribution in [-0.2, 0) is 4.74 Å². The first-order valence-electron chi connectivity index (χ1n) is 6.56. The number of aromatic nitrogens is 2. The number of anilines is 3. The number of H-pyrrole nitrogens is 1. The van der Waals surface area contributed by atoms with Crippen LogP contribution in [0.5, 0.6) is 0 Å². The second-order valence-corrected chi connectivity index (χ2v) is 4.94. The summed E-state index contributed by atoms with van der Waals surface area (Å²) in [5, 5.41) is 18.0. The predicted octanol–water partition coefficient (Wildman–Crippen LogP) is -1.47. The largest absolute Gasteiger partial charge is 0.394 e. The highest BCUT2D eigenvalue weighted by Crippen LogP contribution is 2.35. The quantitative estimate of drug-likeness (QED) is 0.575. The molecule has 0 aromatic carbocycles. The van der Waals surface area contributed by atoms with Gasteiger partial charge in [-0.15, -0.1) is 0 Å². The number of nitrogen functional groups attached to an aromatic ring is 1. The van der Waals surface area contributed by atoms with Gasteiger partial charge in [0.25, 0.3) is 5.56 Å². The van der Waals surface area contributed by atoms with Crippen molar-refractivity contribution in [3.63, 3.8) is 0 Å². The lowest BCUT2D eigenvalue weighted by molar-refractivity contribution is 0.0113. The molecular formula is C11H14BN6O3. The lowest BCUT2D eigenvalue weighted by Crippen LogP contribution is -2.40. The van der Waals surface area contributed by atoms with Crippen molar-refractivity contribution in [1.29, 1.82) is 5.26 Å². The Labute approximate surface area is 121 Å². The lowest BCUT2D eigenvalue weighted by Gasteiger charge is -2.25. The van der Waals surface area contributed by atoms with Crippen LogP contribution in [0.4, 0.5) is 17.5 Å². The first-order chi connectivity index (χ1) is 10.1. The van der Waals surface area contributed by atoms with E-state index in [1.54, 1.807) is 4.90 Å². The zero-order valence-corrected chi connectivity index (χ0v) is 11.2. The van der Waals surface area contributed by atoms with Gasteiger partial charge in [0, 0.05) is 5.97 Å². The number of nitriles is 1. The van der Waals surface area contributed by atoms with Crippen LogP contribution in [0, 0.1) is 11.2 Å². The van der Waals surface area contributed by atoms with Crippen molar-refractivity contribution in [2.45, 2.75) is 25.2 Å². The van der Waals surface area contributed by atoms with E-state index in [2.05, 4.69) is 9.97 Å². The molecule has 0 bridgehead atoms. The lowest BCUT2D eigenvalue weighted by atomic mass is 9.95. The monoisotopic (exact) mass is 289 g/mol. The van der Waals surface area contributed by atoms with Gasteiger partial charge >= 0.3 is 7.41 Å². The van der Waals surface area contributed by atoms with E-state index in [9.17, 15) is 4.79 Å². The van der Waals surface area contributed by atoms with Crippen molar-refractivity contribution in [3.05, 3.63) is 10.4 Å². The van der Waals surface area contributed by atoms with Gasteiger partial charge in [-0.2, -0.15) is 4.98 Å². The maximum Gasteiger partial charge on any atom is 0.388 e. The van der Waals surface area contributed by atoms with Gasteiger partial charge in [-0.05, 0) is 12.8 Å². The van der Waals surface area contributed by atoms with Gasteiger partial charge in [0.15, 0.2) is 5.82 Å². The number of nitrogens with one attached hydrogen (secondary N) is 1. The van der Waals surface area contributed by atoms with Crippen LogP contribution in [0.15, 0.2) is 4.79 Å². The van der Waals surface area contributed by atoms with E-state index in [0.717, 1.165) is 6.42 Å². The standard InChI is InChI=1S/C11H14BN6O3/c13-4-12-18-5-17(7-2-1-6(3-19)21-7)9-8(18)10(20)16-11(14)15-9/h6-7,19H,1-3,5H2,(H3,14,15,16,20)/t6-,7+/m0/s1. The molecule has 1 radical (unpaired) electrons. The van der Waals surface area contributed by atoms with Crippen LogP contribution >= 0.6 is 0 Å². The van der Waals surface area contributed by atoms with Crippen LogP contribution in [0.1, 0.15) is 12.8 Å². The molecular weight excluding hydrogens is 275 g/mol. The molecule has 109 valence electrons. The van der Waals surface area contributed by atoms with Gasteiger partial charge in [0.1, 0.15) is 11.9 Å². The highest BCUT2D eigenvalue weighted by Gasteiger charge is 2.38. The average Bonchev–Trinajstić information content (AvgIpc) is 3.03. The molecule has 0 amide bonds. The normalized spacial score (nSPS) is 24.0. The van der Waals surface area contributed by atoms with Crippen LogP contribution < -0.4 is 21.0 Å². The van der Waals surface area contributed by atoms with Gasteiger partial charge in [0.2, 0.25) is 5.95 Å². The van der Waals surface area contributed by atoms with E-state index in [-0.39, 0.29) is 37.2 Å². The minimum absolute atomic E-state index is 0.0132. The molecule has 10 heteroatoms. The molecule has 1 fully saturated rings. The van der Waals surface area contributed by atoms with Crippen molar-refractivity contribution < 1.29 is 9.84 Å². The number of aliphatic hydroxyl groups is 1. The molecule has 0 unspecified atom stereocenters. The topological polar surface area (TPSA) is 132 Å². The van der Waals surface area contributed by atoms with Crippen LogP contribution in [-0.4, -0.2) is 48.1 Å². The summed E-state index contributed by atoms with van der Waals surface area (Å²) in [6.45, 7) is 0.238. The summed E-state index contributed by atoms with van der Waals surface area (Å²) in [6, 6.07) is 0. The summed E-state index contributed by atoms with van der Waals surface area (Å²) < 4.78 is 5.72. The van der Waals surface area contributed by atoms with Crippen molar-refractivity contribution >= 4 is 24.9 Å². The molecule has 1 aromatic heterocycles. The van der Waals surface area contributed by atoms with E-state index in [0.29, 0.717) is 12.2 Å². The van der Waals surface area contributed by atoms with Crippen molar-refractivity contribution in [2.75, 3.05) is 28.7 Å². The Kier molecular flexibility index (Phi) is 3.44. The van der Waals surface area contributed by atoms with Crippen LogP contribution in [0.3, 0.4) is 0 Å². The molecule has 1 saturated heterocycles. The smallest absolute Gasteiger partial charge is 0.388 e. The van der Waals surface area contributed by atoms with E-state index in [4.69, 9.17) is 20.8 Å². The Morgan fingerprint density at radius 1 is 1.62 bits per heavy atom. The summed E-state index contributed by atoms with van der Waals surface area (Å²) in [5.74, 6) is 2.31. The third kappa shape index (κ3) is 2.30. The molecule has 3 rings (SSSR count). The number of aromatic amines is 1. The summed E-state index contributed by atoms with van der Waals surface area (Å²) in [4.78, 5) is 21.9. The molecule has 3 heterocycles. The van der Waals surface area contributed by atoms with Crippen molar-refractivity contribution in [2.24, 2.45) is 0 Å². The minimum atomic E-state index is -0.400. The fraction of sp³-hybridized carbons (Fsp3) is 0.545. The third-order valence-corrected chi connectivity index (χ3v) is 3.61. The van der Waals surface area contributed by atoms with Gasteiger partial charge in [0.05, 0.1) is 19.4 Å². The third-order valence-electron chi connectivity index (χ3n) is 3.61. The number of aliphatic hydroxyl groups excluding tert-OH is 1. The van der Waals surface area contributed by atoms with Gasteiger partial charge in [-0.25, -0.2) is 5.26 Å². The maximum atomic E-state index is 12.0. The minimum Gasteiger partial charge on any atom is -0.394 e. The molecule has 0 aliphatic carbocycles. The molecule has 1 aromatic rings. The van der Waals surface area contributed by atoms with Crippen molar-refractivity contribution in [3.8, 4) is 5.97 Å². The van der Waals surface area contributed by atoms with Crippen LogP contribution in [0.25, 0.3) is 0 Å². The Hall–Kier alpha value is -2.25. The maximum absolute atomic E-state index is 12.0. The van der Waals surface area contributed by atoms with E-state index >= 15 is 0 Å². The average molecular weight is 289 g/mol. The first kappa shape index (κ1) is 13.7. The summed E-state index contributed by atoms with van der Waals surface area (Å²) in [5.41, 5.74) is 5.48. The number of ether oxygens (including phenoxy) is 1. The fourth-order valence-electron chi connectivity index (χ4n) is 2.69. The molecule has 21 heavy (non-hydrogen) atoms. The highest BCUT2D eigenvalue weighted by molar-refractivity contribution is 6.50. The molecule has 2 aliphatic rings. The Bertz CT molecular complexity index is 644. The van der Waals surface area contributed by atoms with Gasteiger partial charge in [-0.3, -0.25) is 9.78 Å². The van der Waals surface area contributed by atoms with E-state index < -0.39 is 5.56 Å². The summed E-state index contributed by atoms with van der Waals surface area (Å²) in [7, 11) is 1.25. The molecule has 2 aliphatic heterocycles. The zero-order valence-electron chi connectivity index (χ0n) is 11.2. The van der Waals surface area contributed by atoms with Crippen LogP contribution in [0.2, 0.25) is 0 Å². The Balaban J connectivity index is 1.96. The van der Waals surface area contributed by atoms with Gasteiger partial charge < -0.3 is 25.3 Å². The Morgan fingerprint density at radius 2 is 2.43 bits per heavy atom. The van der Waals surface area contributed by atoms with E-state index in [1.807, 2.05) is 5.97 Å². The predicted molar refractivity (Wildman–Crippen MR) is 75.4 cm³/mol. The summed E-state index contributed by atoms with van der Waals surface area (Å²) in [6.07, 6.45) is 0.922. The number of hydrogen-bond donors (Lipinski definition) is 3. The van der Waals surface area contributed by atoms with Crippen molar-refractivity contribution in [1.82, 2.24) is 9.97 Å². The zero-order chi connectivity index (χ0) is 15.0. The SMILES string of the molecule is N#C[B]N1CN([C@H]2CC[C@@H](CO)O2)c2nc(N)[nH]c(=O)c21. The molecule has 0 spiro atoms. The second-order valence-electron chi connectivity index (χ2n) is 4.94.